The van der Waals surface area contributed by atoms with E-state index in [1.165, 1.54) is 32.4 Å². The summed E-state index contributed by atoms with van der Waals surface area (Å²) in [5, 5.41) is 0. The van der Waals surface area contributed by atoms with Gasteiger partial charge >= 0.3 is 0 Å². The zero-order valence-corrected chi connectivity index (χ0v) is 11.7. The van der Waals surface area contributed by atoms with E-state index in [-0.39, 0.29) is 0 Å². The van der Waals surface area contributed by atoms with Crippen LogP contribution in [0.5, 0.6) is 0 Å². The highest BCUT2D eigenvalue weighted by Gasteiger charge is 2.28. The predicted molar refractivity (Wildman–Crippen MR) is 74.1 cm³/mol. The van der Waals surface area contributed by atoms with E-state index in [9.17, 15) is 0 Å². The van der Waals surface area contributed by atoms with Crippen molar-refractivity contribution in [3.63, 3.8) is 0 Å². The standard InChI is InChI=1S/C15H23N3O/c1-12-2-6-16-15(17-12)14-3-7-18(11-14)10-13-4-8-19-9-5-13/h2,6,13-14H,3-5,7-11H2,1H3. The average Bonchev–Trinajstić information content (AvgIpc) is 2.88. The molecule has 19 heavy (non-hydrogen) atoms. The monoisotopic (exact) mass is 261 g/mol. The molecule has 2 aliphatic rings. The first-order chi connectivity index (χ1) is 9.31. The lowest BCUT2D eigenvalue weighted by Crippen LogP contribution is -2.30. The maximum absolute atomic E-state index is 5.43. The third-order valence-electron chi connectivity index (χ3n) is 4.31. The number of nitrogens with zero attached hydrogens (tertiary/aromatic N) is 3. The first kappa shape index (κ1) is 13.0. The normalized spacial score (nSPS) is 25.8. The molecule has 2 aliphatic heterocycles. The van der Waals surface area contributed by atoms with Crippen LogP contribution in [0.2, 0.25) is 0 Å². The zero-order chi connectivity index (χ0) is 13.1. The fraction of sp³-hybridized carbons (Fsp3) is 0.733. The summed E-state index contributed by atoms with van der Waals surface area (Å²) >= 11 is 0. The topological polar surface area (TPSA) is 38.2 Å². The molecule has 0 aliphatic carbocycles. The number of ether oxygens (including phenoxy) is 1. The van der Waals surface area contributed by atoms with Crippen LogP contribution in [0.15, 0.2) is 12.3 Å². The molecular formula is C15H23N3O. The van der Waals surface area contributed by atoms with E-state index in [0.29, 0.717) is 5.92 Å². The van der Waals surface area contributed by atoms with Crippen LogP contribution in [-0.2, 0) is 4.74 Å². The Morgan fingerprint density at radius 3 is 2.95 bits per heavy atom. The first-order valence-electron chi connectivity index (χ1n) is 7.41. The second-order valence-corrected chi connectivity index (χ2v) is 5.86. The minimum Gasteiger partial charge on any atom is -0.381 e. The van der Waals surface area contributed by atoms with Gasteiger partial charge in [-0.1, -0.05) is 0 Å². The third-order valence-corrected chi connectivity index (χ3v) is 4.31. The number of likely N-dealkylation sites (tertiary alicyclic amines) is 1. The second-order valence-electron chi connectivity index (χ2n) is 5.86. The van der Waals surface area contributed by atoms with Crippen LogP contribution >= 0.6 is 0 Å². The molecule has 0 aromatic carbocycles. The largest absolute Gasteiger partial charge is 0.381 e. The molecule has 104 valence electrons. The van der Waals surface area contributed by atoms with E-state index in [2.05, 4.69) is 14.9 Å². The molecule has 0 bridgehead atoms. The van der Waals surface area contributed by atoms with E-state index in [4.69, 9.17) is 4.74 Å². The summed E-state index contributed by atoms with van der Waals surface area (Å²) < 4.78 is 5.43. The lowest BCUT2D eigenvalue weighted by Gasteiger charge is -2.26. The highest BCUT2D eigenvalue weighted by atomic mass is 16.5. The van der Waals surface area contributed by atoms with Gasteiger partial charge in [0.05, 0.1) is 0 Å². The molecule has 0 radical (unpaired) electrons. The van der Waals surface area contributed by atoms with Crippen LogP contribution in [0.25, 0.3) is 0 Å². The highest BCUT2D eigenvalue weighted by molar-refractivity contribution is 5.06. The van der Waals surface area contributed by atoms with Crippen molar-refractivity contribution in [1.82, 2.24) is 14.9 Å². The van der Waals surface area contributed by atoms with Gasteiger partial charge in [-0.25, -0.2) is 9.97 Å². The Balaban J connectivity index is 1.55. The number of hydrogen-bond donors (Lipinski definition) is 0. The van der Waals surface area contributed by atoms with Gasteiger partial charge in [-0.3, -0.25) is 0 Å². The summed E-state index contributed by atoms with van der Waals surface area (Å²) in [6.45, 7) is 7.48. The Labute approximate surface area is 115 Å². The highest BCUT2D eigenvalue weighted by Crippen LogP contribution is 2.26. The molecule has 0 N–H and O–H groups in total. The van der Waals surface area contributed by atoms with Crippen LogP contribution in [0.3, 0.4) is 0 Å². The number of rotatable bonds is 3. The summed E-state index contributed by atoms with van der Waals surface area (Å²) in [4.78, 5) is 11.6. The zero-order valence-electron chi connectivity index (χ0n) is 11.7. The van der Waals surface area contributed by atoms with Crippen molar-refractivity contribution in [2.45, 2.75) is 32.1 Å². The van der Waals surface area contributed by atoms with Gasteiger partial charge in [0.1, 0.15) is 5.82 Å². The Bertz CT molecular complexity index is 418. The number of hydrogen-bond acceptors (Lipinski definition) is 4. The van der Waals surface area contributed by atoms with Crippen molar-refractivity contribution in [3.05, 3.63) is 23.8 Å². The molecule has 3 heterocycles. The van der Waals surface area contributed by atoms with E-state index in [0.717, 1.165) is 37.2 Å². The van der Waals surface area contributed by atoms with Gasteiger partial charge in [0.25, 0.3) is 0 Å². The fourth-order valence-electron chi connectivity index (χ4n) is 3.17. The summed E-state index contributed by atoms with van der Waals surface area (Å²) in [5.74, 6) is 2.39. The molecule has 0 spiro atoms. The number of aryl methyl sites for hydroxylation is 1. The van der Waals surface area contributed by atoms with Gasteiger partial charge in [0.15, 0.2) is 0 Å². The molecule has 4 heteroatoms. The molecule has 3 rings (SSSR count). The van der Waals surface area contributed by atoms with Gasteiger partial charge in [0, 0.05) is 44.1 Å². The van der Waals surface area contributed by atoms with Crippen molar-refractivity contribution < 1.29 is 4.74 Å². The van der Waals surface area contributed by atoms with Crippen LogP contribution in [0.4, 0.5) is 0 Å². The Morgan fingerprint density at radius 1 is 1.32 bits per heavy atom. The van der Waals surface area contributed by atoms with Gasteiger partial charge in [-0.2, -0.15) is 0 Å². The van der Waals surface area contributed by atoms with Crippen molar-refractivity contribution in [2.24, 2.45) is 5.92 Å². The van der Waals surface area contributed by atoms with E-state index >= 15 is 0 Å². The van der Waals surface area contributed by atoms with Gasteiger partial charge in [-0.15, -0.1) is 0 Å². The first-order valence-corrected chi connectivity index (χ1v) is 7.41. The maximum Gasteiger partial charge on any atom is 0.132 e. The van der Waals surface area contributed by atoms with Crippen molar-refractivity contribution in [3.8, 4) is 0 Å². The summed E-state index contributed by atoms with van der Waals surface area (Å²) in [6.07, 6.45) is 5.54. The van der Waals surface area contributed by atoms with Crippen LogP contribution in [0.1, 0.15) is 36.7 Å². The Hall–Kier alpha value is -1.00. The molecule has 2 fully saturated rings. The molecule has 1 aromatic rings. The summed E-state index contributed by atoms with van der Waals surface area (Å²) in [6, 6.07) is 1.97. The quantitative estimate of drug-likeness (QED) is 0.834. The second kappa shape index (κ2) is 5.97. The average molecular weight is 261 g/mol. The van der Waals surface area contributed by atoms with Gasteiger partial charge < -0.3 is 9.64 Å². The molecule has 0 amide bonds. The van der Waals surface area contributed by atoms with Crippen molar-refractivity contribution >= 4 is 0 Å². The third kappa shape index (κ3) is 3.31. The van der Waals surface area contributed by atoms with E-state index in [1.54, 1.807) is 0 Å². The van der Waals surface area contributed by atoms with E-state index in [1.807, 2.05) is 19.2 Å². The molecular weight excluding hydrogens is 238 g/mol. The van der Waals surface area contributed by atoms with Crippen LogP contribution in [0, 0.1) is 12.8 Å². The summed E-state index contributed by atoms with van der Waals surface area (Å²) in [7, 11) is 0. The van der Waals surface area contributed by atoms with Crippen molar-refractivity contribution in [1.29, 1.82) is 0 Å². The van der Waals surface area contributed by atoms with Gasteiger partial charge in [-0.05, 0) is 44.7 Å². The minimum atomic E-state index is 0.528. The van der Waals surface area contributed by atoms with E-state index < -0.39 is 0 Å². The Morgan fingerprint density at radius 2 is 2.16 bits per heavy atom. The molecule has 2 saturated heterocycles. The molecule has 1 unspecified atom stereocenters. The fourth-order valence-corrected chi connectivity index (χ4v) is 3.17. The lowest BCUT2D eigenvalue weighted by atomic mass is 10.00. The minimum absolute atomic E-state index is 0.528. The summed E-state index contributed by atoms with van der Waals surface area (Å²) in [5.41, 5.74) is 1.08. The molecule has 4 nitrogen and oxygen atoms in total. The SMILES string of the molecule is Cc1ccnc(C2CCN(CC3CCOCC3)C2)n1. The van der Waals surface area contributed by atoms with Crippen molar-refractivity contribution in [2.75, 3.05) is 32.8 Å². The molecule has 0 saturated carbocycles. The smallest absolute Gasteiger partial charge is 0.132 e. The van der Waals surface area contributed by atoms with Gasteiger partial charge in [0.2, 0.25) is 0 Å². The lowest BCUT2D eigenvalue weighted by molar-refractivity contribution is 0.0553. The molecule has 1 atom stereocenters. The maximum atomic E-state index is 5.43. The van der Waals surface area contributed by atoms with Crippen LogP contribution < -0.4 is 0 Å². The predicted octanol–water partition coefficient (Wildman–Crippen LogP) is 2.00. The molecule has 1 aromatic heterocycles. The number of aromatic nitrogens is 2. The Kier molecular flexibility index (Phi) is 4.09. The van der Waals surface area contributed by atoms with Crippen LogP contribution in [-0.4, -0.2) is 47.7 Å².